The summed E-state index contributed by atoms with van der Waals surface area (Å²) in [6.45, 7) is 3.17. The summed E-state index contributed by atoms with van der Waals surface area (Å²) >= 11 is 3.26. The number of anilines is 2. The number of fused-ring (bicyclic) bond motifs is 1. The van der Waals surface area contributed by atoms with Gasteiger partial charge in [0.15, 0.2) is 4.34 Å². The van der Waals surface area contributed by atoms with Crippen molar-refractivity contribution in [3.05, 3.63) is 48.5 Å². The highest BCUT2D eigenvalue weighted by Crippen LogP contribution is 2.29. The van der Waals surface area contributed by atoms with Crippen molar-refractivity contribution in [2.24, 2.45) is 0 Å². The average Bonchev–Trinajstić information content (AvgIpc) is 3.15. The van der Waals surface area contributed by atoms with Crippen molar-refractivity contribution in [2.45, 2.75) is 10.8 Å². The summed E-state index contributed by atoms with van der Waals surface area (Å²) in [5, 5.41) is 0. The molecule has 1 N–H and O–H groups in total. The van der Waals surface area contributed by atoms with Crippen molar-refractivity contribution >= 4 is 54.7 Å². The Morgan fingerprint density at radius 2 is 1.86 bits per heavy atom. The SMILES string of the molecule is O=S(=O)(CCCSc1nc2ccccc2s1)Nc1ccc(N2CCOCC2)cc1. The van der Waals surface area contributed by atoms with E-state index in [0.29, 0.717) is 12.1 Å². The second-order valence-corrected chi connectivity index (χ2v) is 10.9. The van der Waals surface area contributed by atoms with Crippen molar-refractivity contribution in [1.29, 1.82) is 0 Å². The van der Waals surface area contributed by atoms with Gasteiger partial charge in [-0.15, -0.1) is 11.3 Å². The van der Waals surface area contributed by atoms with E-state index in [1.807, 2.05) is 42.5 Å². The Morgan fingerprint density at radius 3 is 2.62 bits per heavy atom. The number of nitrogens with zero attached hydrogens (tertiary/aromatic N) is 2. The number of para-hydroxylation sites is 1. The molecule has 0 unspecified atom stereocenters. The summed E-state index contributed by atoms with van der Waals surface area (Å²) in [4.78, 5) is 6.80. The van der Waals surface area contributed by atoms with E-state index in [4.69, 9.17) is 4.74 Å². The highest BCUT2D eigenvalue weighted by Gasteiger charge is 2.13. The van der Waals surface area contributed by atoms with Gasteiger partial charge in [0, 0.05) is 30.2 Å². The Balaban J connectivity index is 1.25. The van der Waals surface area contributed by atoms with Gasteiger partial charge in [-0.2, -0.15) is 0 Å². The summed E-state index contributed by atoms with van der Waals surface area (Å²) < 4.78 is 34.9. The first-order chi connectivity index (χ1) is 14.1. The molecule has 1 aliphatic heterocycles. The predicted octanol–water partition coefficient (Wildman–Crippen LogP) is 4.06. The number of hydrogen-bond acceptors (Lipinski definition) is 7. The minimum atomic E-state index is -3.37. The lowest BCUT2D eigenvalue weighted by Crippen LogP contribution is -2.36. The van der Waals surface area contributed by atoms with E-state index in [1.54, 1.807) is 23.1 Å². The third-order valence-corrected chi connectivity index (χ3v) is 8.21. The number of sulfonamides is 1. The van der Waals surface area contributed by atoms with Gasteiger partial charge in [-0.05, 0) is 42.8 Å². The highest BCUT2D eigenvalue weighted by molar-refractivity contribution is 8.01. The number of morpholine rings is 1. The molecule has 0 amide bonds. The molecule has 1 aliphatic rings. The van der Waals surface area contributed by atoms with Crippen molar-refractivity contribution < 1.29 is 13.2 Å². The first-order valence-corrected chi connectivity index (χ1v) is 13.0. The lowest BCUT2D eigenvalue weighted by Gasteiger charge is -2.28. The number of hydrogen-bond donors (Lipinski definition) is 1. The van der Waals surface area contributed by atoms with Gasteiger partial charge in [-0.1, -0.05) is 23.9 Å². The van der Waals surface area contributed by atoms with E-state index in [-0.39, 0.29) is 5.75 Å². The summed E-state index contributed by atoms with van der Waals surface area (Å²) in [6.07, 6.45) is 0.571. The molecule has 1 aromatic heterocycles. The van der Waals surface area contributed by atoms with Gasteiger partial charge in [0.1, 0.15) is 0 Å². The Hall–Kier alpha value is -1.81. The van der Waals surface area contributed by atoms with Crippen LogP contribution in [0.1, 0.15) is 6.42 Å². The molecule has 3 aromatic rings. The Bertz CT molecular complexity index is 1010. The maximum Gasteiger partial charge on any atom is 0.232 e. The molecular weight excluding hydrogens is 426 g/mol. The monoisotopic (exact) mass is 449 g/mol. The molecule has 29 heavy (non-hydrogen) atoms. The summed E-state index contributed by atoms with van der Waals surface area (Å²) in [5.41, 5.74) is 2.68. The van der Waals surface area contributed by atoms with Crippen LogP contribution in [0.4, 0.5) is 11.4 Å². The zero-order chi connectivity index (χ0) is 20.1. The molecule has 2 heterocycles. The first kappa shape index (κ1) is 20.5. The molecule has 1 fully saturated rings. The van der Waals surface area contributed by atoms with Crippen LogP contribution in [0, 0.1) is 0 Å². The Labute approximate surface area is 179 Å². The van der Waals surface area contributed by atoms with Crippen LogP contribution in [-0.2, 0) is 14.8 Å². The first-order valence-electron chi connectivity index (χ1n) is 9.51. The predicted molar refractivity (Wildman–Crippen MR) is 122 cm³/mol. The molecule has 9 heteroatoms. The molecule has 2 aromatic carbocycles. The van der Waals surface area contributed by atoms with Crippen LogP contribution in [0.25, 0.3) is 10.2 Å². The van der Waals surface area contributed by atoms with Gasteiger partial charge in [0.25, 0.3) is 0 Å². The van der Waals surface area contributed by atoms with Gasteiger partial charge >= 0.3 is 0 Å². The van der Waals surface area contributed by atoms with Gasteiger partial charge in [0.2, 0.25) is 10.0 Å². The molecule has 0 spiro atoms. The molecule has 154 valence electrons. The molecule has 0 radical (unpaired) electrons. The van der Waals surface area contributed by atoms with Gasteiger partial charge in [-0.3, -0.25) is 4.72 Å². The second-order valence-electron chi connectivity index (χ2n) is 6.72. The van der Waals surface area contributed by atoms with Crippen LogP contribution in [0.5, 0.6) is 0 Å². The van der Waals surface area contributed by atoms with Crippen molar-refractivity contribution in [3.8, 4) is 0 Å². The van der Waals surface area contributed by atoms with E-state index in [9.17, 15) is 8.42 Å². The number of ether oxygens (including phenoxy) is 1. The molecule has 6 nitrogen and oxygen atoms in total. The molecule has 0 saturated carbocycles. The zero-order valence-electron chi connectivity index (χ0n) is 15.9. The lowest BCUT2D eigenvalue weighted by atomic mass is 10.2. The number of rotatable bonds is 8. The molecule has 0 bridgehead atoms. The number of thiazole rings is 1. The maximum absolute atomic E-state index is 12.4. The summed E-state index contributed by atoms with van der Waals surface area (Å²) in [5.74, 6) is 0.812. The Morgan fingerprint density at radius 1 is 1.10 bits per heavy atom. The largest absolute Gasteiger partial charge is 0.378 e. The van der Waals surface area contributed by atoms with E-state index < -0.39 is 10.0 Å². The van der Waals surface area contributed by atoms with E-state index in [2.05, 4.69) is 20.7 Å². The van der Waals surface area contributed by atoms with E-state index >= 15 is 0 Å². The summed E-state index contributed by atoms with van der Waals surface area (Å²) in [6, 6.07) is 15.6. The highest BCUT2D eigenvalue weighted by atomic mass is 32.2. The lowest BCUT2D eigenvalue weighted by molar-refractivity contribution is 0.122. The van der Waals surface area contributed by atoms with Crippen molar-refractivity contribution in [2.75, 3.05) is 47.4 Å². The van der Waals surface area contributed by atoms with E-state index in [0.717, 1.165) is 52.3 Å². The number of aromatic nitrogens is 1. The normalized spacial score (nSPS) is 15.0. The fraction of sp³-hybridized carbons (Fsp3) is 0.350. The van der Waals surface area contributed by atoms with Crippen LogP contribution < -0.4 is 9.62 Å². The van der Waals surface area contributed by atoms with Gasteiger partial charge in [0.05, 0.1) is 29.2 Å². The smallest absolute Gasteiger partial charge is 0.232 e. The molecule has 4 rings (SSSR count). The van der Waals surface area contributed by atoms with Crippen molar-refractivity contribution in [1.82, 2.24) is 4.98 Å². The van der Waals surface area contributed by atoms with Crippen LogP contribution in [0.2, 0.25) is 0 Å². The number of nitrogens with one attached hydrogen (secondary N) is 1. The zero-order valence-corrected chi connectivity index (χ0v) is 18.4. The fourth-order valence-electron chi connectivity index (χ4n) is 3.11. The second kappa shape index (κ2) is 9.34. The van der Waals surface area contributed by atoms with Crippen LogP contribution in [0.3, 0.4) is 0 Å². The van der Waals surface area contributed by atoms with Crippen LogP contribution >= 0.6 is 23.1 Å². The quantitative estimate of drug-likeness (QED) is 0.413. The molecule has 0 aliphatic carbocycles. The standard InChI is InChI=1S/C20H23N3O3S3/c24-29(25,15-3-14-27-20-21-18-4-1-2-5-19(18)28-20)22-16-6-8-17(9-7-16)23-10-12-26-13-11-23/h1-2,4-9,22H,3,10-15H2. The topological polar surface area (TPSA) is 71.5 Å². The molecular formula is C20H23N3O3S3. The van der Waals surface area contributed by atoms with Gasteiger partial charge in [-0.25, -0.2) is 13.4 Å². The summed E-state index contributed by atoms with van der Waals surface area (Å²) in [7, 11) is -3.37. The number of thioether (sulfide) groups is 1. The number of benzene rings is 2. The molecule has 0 atom stereocenters. The third-order valence-electron chi connectivity index (χ3n) is 4.57. The van der Waals surface area contributed by atoms with Crippen LogP contribution in [0.15, 0.2) is 52.9 Å². The Kier molecular flexibility index (Phi) is 6.59. The minimum absolute atomic E-state index is 0.0934. The van der Waals surface area contributed by atoms with Crippen LogP contribution in [-0.4, -0.2) is 51.2 Å². The van der Waals surface area contributed by atoms with Crippen molar-refractivity contribution in [3.63, 3.8) is 0 Å². The third kappa shape index (κ3) is 5.63. The minimum Gasteiger partial charge on any atom is -0.378 e. The molecule has 1 saturated heterocycles. The fourth-order valence-corrected chi connectivity index (χ4v) is 6.50. The average molecular weight is 450 g/mol. The maximum atomic E-state index is 12.4. The van der Waals surface area contributed by atoms with Gasteiger partial charge < -0.3 is 9.64 Å². The van der Waals surface area contributed by atoms with E-state index in [1.165, 1.54) is 0 Å².